The van der Waals surface area contributed by atoms with Crippen LogP contribution in [0.1, 0.15) is 59.1 Å². The summed E-state index contributed by atoms with van der Waals surface area (Å²) in [6.45, 7) is 14.2. The Balaban J connectivity index is 1.81. The Labute approximate surface area is 199 Å². The zero-order valence-electron chi connectivity index (χ0n) is 21.1. The highest BCUT2D eigenvalue weighted by atomic mass is 16.6. The zero-order valence-corrected chi connectivity index (χ0v) is 21.1. The number of carbonyl (C=O) groups is 1. The van der Waals surface area contributed by atoms with Crippen LogP contribution in [0, 0.1) is 11.8 Å². The summed E-state index contributed by atoms with van der Waals surface area (Å²) >= 11 is 0. The van der Waals surface area contributed by atoms with Crippen LogP contribution in [0.5, 0.6) is 0 Å². The van der Waals surface area contributed by atoms with E-state index in [-0.39, 0.29) is 11.7 Å². The minimum Gasteiger partial charge on any atom is -0.379 e. The standard InChI is InChI=1S/C24H45N3O6/c1-21(2)7-5-6-9-27-19-23(25-26-27)20-33-18-17-32-16-15-31-14-13-30-12-11-29-10-8-24(28)22(3)4/h19,21-22H,5-18,20H2,1-4H3. The second-order valence-electron chi connectivity index (χ2n) is 8.74. The molecule has 1 aromatic heterocycles. The van der Waals surface area contributed by atoms with Crippen LogP contribution in [-0.2, 0) is 41.6 Å². The van der Waals surface area contributed by atoms with Gasteiger partial charge in [0.05, 0.1) is 72.3 Å². The van der Waals surface area contributed by atoms with Crippen molar-refractivity contribution < 1.29 is 28.5 Å². The Kier molecular flexibility index (Phi) is 18.0. The van der Waals surface area contributed by atoms with E-state index in [4.69, 9.17) is 23.7 Å². The molecule has 9 nitrogen and oxygen atoms in total. The molecular weight excluding hydrogens is 426 g/mol. The van der Waals surface area contributed by atoms with Crippen LogP contribution in [0.4, 0.5) is 0 Å². The molecule has 0 amide bonds. The van der Waals surface area contributed by atoms with Gasteiger partial charge in [0, 0.05) is 18.9 Å². The average Bonchev–Trinajstić information content (AvgIpc) is 3.23. The molecule has 0 bridgehead atoms. The van der Waals surface area contributed by atoms with Gasteiger partial charge < -0.3 is 23.7 Å². The van der Waals surface area contributed by atoms with Crippen LogP contribution >= 0.6 is 0 Å². The van der Waals surface area contributed by atoms with E-state index in [2.05, 4.69) is 24.2 Å². The van der Waals surface area contributed by atoms with Gasteiger partial charge in [-0.2, -0.15) is 0 Å². The van der Waals surface area contributed by atoms with Crippen molar-refractivity contribution in [2.45, 2.75) is 66.5 Å². The smallest absolute Gasteiger partial charge is 0.137 e. The monoisotopic (exact) mass is 471 g/mol. The summed E-state index contributed by atoms with van der Waals surface area (Å²) in [7, 11) is 0. The van der Waals surface area contributed by atoms with Gasteiger partial charge in [-0.15, -0.1) is 5.10 Å². The number of ether oxygens (including phenoxy) is 5. The summed E-state index contributed by atoms with van der Waals surface area (Å²) in [5.41, 5.74) is 0.844. The van der Waals surface area contributed by atoms with Crippen molar-refractivity contribution in [3.05, 3.63) is 11.9 Å². The third-order valence-corrected chi connectivity index (χ3v) is 4.88. The molecular formula is C24H45N3O6. The molecule has 0 N–H and O–H groups in total. The first-order valence-electron chi connectivity index (χ1n) is 12.3. The lowest BCUT2D eigenvalue weighted by molar-refractivity contribution is -0.123. The van der Waals surface area contributed by atoms with Crippen LogP contribution in [0.3, 0.4) is 0 Å². The van der Waals surface area contributed by atoms with E-state index >= 15 is 0 Å². The van der Waals surface area contributed by atoms with Gasteiger partial charge in [0.25, 0.3) is 0 Å². The Morgan fingerprint density at radius 3 is 1.91 bits per heavy atom. The van der Waals surface area contributed by atoms with Crippen molar-refractivity contribution in [1.82, 2.24) is 15.0 Å². The van der Waals surface area contributed by atoms with Crippen molar-refractivity contribution in [3.8, 4) is 0 Å². The van der Waals surface area contributed by atoms with Crippen molar-refractivity contribution in [2.24, 2.45) is 11.8 Å². The first kappa shape index (κ1) is 29.6. The average molecular weight is 472 g/mol. The molecule has 0 spiro atoms. The number of aryl methyl sites for hydroxylation is 1. The molecule has 192 valence electrons. The highest BCUT2D eigenvalue weighted by molar-refractivity contribution is 5.80. The number of ketones is 1. The van der Waals surface area contributed by atoms with Gasteiger partial charge in [-0.05, 0) is 12.3 Å². The molecule has 33 heavy (non-hydrogen) atoms. The van der Waals surface area contributed by atoms with Gasteiger partial charge in [-0.25, -0.2) is 0 Å². The Morgan fingerprint density at radius 1 is 0.818 bits per heavy atom. The molecule has 1 aromatic rings. The van der Waals surface area contributed by atoms with E-state index in [0.717, 1.165) is 24.6 Å². The minimum absolute atomic E-state index is 0.0702. The summed E-state index contributed by atoms with van der Waals surface area (Å²) in [6.07, 6.45) is 6.01. The van der Waals surface area contributed by atoms with Gasteiger partial charge >= 0.3 is 0 Å². The molecule has 0 aliphatic heterocycles. The van der Waals surface area contributed by atoms with E-state index in [0.29, 0.717) is 72.5 Å². The normalized spacial score (nSPS) is 11.7. The molecule has 0 atom stereocenters. The van der Waals surface area contributed by atoms with Crippen molar-refractivity contribution in [1.29, 1.82) is 0 Å². The highest BCUT2D eigenvalue weighted by Crippen LogP contribution is 2.07. The fraction of sp³-hybridized carbons (Fsp3) is 0.875. The number of carbonyl (C=O) groups excluding carboxylic acids is 1. The molecule has 0 aliphatic rings. The van der Waals surface area contributed by atoms with E-state index in [9.17, 15) is 4.79 Å². The quantitative estimate of drug-likeness (QED) is 0.224. The number of unbranched alkanes of at least 4 members (excludes halogenated alkanes) is 1. The van der Waals surface area contributed by atoms with Crippen LogP contribution in [0.25, 0.3) is 0 Å². The van der Waals surface area contributed by atoms with Crippen LogP contribution in [0.15, 0.2) is 6.20 Å². The Bertz CT molecular complexity index is 595. The largest absolute Gasteiger partial charge is 0.379 e. The van der Waals surface area contributed by atoms with E-state index in [1.165, 1.54) is 12.8 Å². The third-order valence-electron chi connectivity index (χ3n) is 4.88. The molecule has 0 fully saturated rings. The summed E-state index contributed by atoms with van der Waals surface area (Å²) < 4.78 is 29.2. The summed E-state index contributed by atoms with van der Waals surface area (Å²) in [5.74, 6) is 1.05. The summed E-state index contributed by atoms with van der Waals surface area (Å²) in [5, 5.41) is 8.28. The third kappa shape index (κ3) is 17.7. The second-order valence-corrected chi connectivity index (χ2v) is 8.74. The van der Waals surface area contributed by atoms with Gasteiger partial charge in [0.2, 0.25) is 0 Å². The van der Waals surface area contributed by atoms with Crippen molar-refractivity contribution >= 4 is 5.78 Å². The second kappa shape index (κ2) is 20.0. The highest BCUT2D eigenvalue weighted by Gasteiger charge is 2.06. The SMILES string of the molecule is CC(C)CCCCn1cc(COCCOCCOCCOCCOCCC(=O)C(C)C)nn1. The molecule has 1 rings (SSSR count). The Hall–Kier alpha value is -1.39. The first-order chi connectivity index (χ1) is 16.0. The van der Waals surface area contributed by atoms with E-state index < -0.39 is 0 Å². The summed E-state index contributed by atoms with van der Waals surface area (Å²) in [6, 6.07) is 0. The number of rotatable bonds is 23. The molecule has 0 saturated carbocycles. The van der Waals surface area contributed by atoms with E-state index in [1.807, 2.05) is 24.7 Å². The van der Waals surface area contributed by atoms with Gasteiger partial charge in [0.1, 0.15) is 11.5 Å². The lowest BCUT2D eigenvalue weighted by Crippen LogP contribution is -2.14. The summed E-state index contributed by atoms with van der Waals surface area (Å²) in [4.78, 5) is 11.4. The number of Topliss-reactive ketones (excluding diaryl/α,β-unsaturated/α-hetero) is 1. The molecule has 0 aliphatic carbocycles. The van der Waals surface area contributed by atoms with Gasteiger partial charge in [-0.3, -0.25) is 9.48 Å². The fourth-order valence-electron chi connectivity index (χ4n) is 2.86. The van der Waals surface area contributed by atoms with Gasteiger partial charge in [-0.1, -0.05) is 45.7 Å². The van der Waals surface area contributed by atoms with Crippen LogP contribution in [0.2, 0.25) is 0 Å². The topological polar surface area (TPSA) is 93.9 Å². The maximum atomic E-state index is 11.4. The molecule has 0 unspecified atom stereocenters. The molecule has 0 radical (unpaired) electrons. The zero-order chi connectivity index (χ0) is 24.2. The number of nitrogens with zero attached hydrogens (tertiary/aromatic N) is 3. The van der Waals surface area contributed by atoms with Crippen LogP contribution in [-0.4, -0.2) is 80.2 Å². The lowest BCUT2D eigenvalue weighted by Gasteiger charge is -2.08. The van der Waals surface area contributed by atoms with E-state index in [1.54, 1.807) is 0 Å². The molecule has 9 heteroatoms. The predicted molar refractivity (Wildman–Crippen MR) is 126 cm³/mol. The van der Waals surface area contributed by atoms with Gasteiger partial charge in [0.15, 0.2) is 0 Å². The maximum absolute atomic E-state index is 11.4. The first-order valence-corrected chi connectivity index (χ1v) is 12.3. The minimum atomic E-state index is 0.0702. The Morgan fingerprint density at radius 2 is 1.36 bits per heavy atom. The fourth-order valence-corrected chi connectivity index (χ4v) is 2.86. The molecule has 1 heterocycles. The van der Waals surface area contributed by atoms with Crippen molar-refractivity contribution in [2.75, 3.05) is 59.5 Å². The molecule has 0 aromatic carbocycles. The maximum Gasteiger partial charge on any atom is 0.137 e. The number of hydrogen-bond acceptors (Lipinski definition) is 8. The van der Waals surface area contributed by atoms with Crippen molar-refractivity contribution in [3.63, 3.8) is 0 Å². The number of aromatic nitrogens is 3. The predicted octanol–water partition coefficient (Wildman–Crippen LogP) is 3.30. The van der Waals surface area contributed by atoms with Crippen LogP contribution < -0.4 is 0 Å². The molecule has 0 saturated heterocycles. The lowest BCUT2D eigenvalue weighted by atomic mass is 10.1. The number of hydrogen-bond donors (Lipinski definition) is 0.